The summed E-state index contributed by atoms with van der Waals surface area (Å²) in [7, 11) is 0. The van der Waals surface area contributed by atoms with Crippen LogP contribution in [-0.2, 0) is 0 Å². The van der Waals surface area contributed by atoms with Gasteiger partial charge in [0, 0.05) is 26.9 Å². The van der Waals surface area contributed by atoms with E-state index in [2.05, 4.69) is 108 Å². The molecule has 0 saturated carbocycles. The van der Waals surface area contributed by atoms with Gasteiger partial charge in [-0.2, -0.15) is 0 Å². The van der Waals surface area contributed by atoms with E-state index in [4.69, 9.17) is 5.73 Å². The molecule has 0 bridgehead atoms. The number of fused-ring (bicyclic) bond motifs is 6. The maximum atomic E-state index is 6.80. The molecule has 3 nitrogen and oxygen atoms in total. The molecule has 4 aliphatic rings. The summed E-state index contributed by atoms with van der Waals surface area (Å²) in [6.45, 7) is 4.43. The summed E-state index contributed by atoms with van der Waals surface area (Å²) in [5, 5.41) is 6.27. The lowest BCUT2D eigenvalue weighted by molar-refractivity contribution is 0.660. The Labute approximate surface area is 214 Å². The minimum absolute atomic E-state index is 0.203. The number of benzene rings is 2. The highest BCUT2D eigenvalue weighted by atomic mass is 32.1. The van der Waals surface area contributed by atoms with Crippen LogP contribution in [0.3, 0.4) is 0 Å². The van der Waals surface area contributed by atoms with Crippen LogP contribution in [0.1, 0.15) is 24.8 Å². The van der Waals surface area contributed by atoms with E-state index >= 15 is 0 Å². The van der Waals surface area contributed by atoms with Gasteiger partial charge in [0.2, 0.25) is 0 Å². The number of para-hydroxylation sites is 1. The molecule has 2 aliphatic carbocycles. The minimum Gasteiger partial charge on any atom is -0.383 e. The van der Waals surface area contributed by atoms with Crippen LogP contribution < -0.4 is 25.7 Å². The molecule has 2 aliphatic heterocycles. The summed E-state index contributed by atoms with van der Waals surface area (Å²) in [6.07, 6.45) is 19.0. The molecule has 36 heavy (non-hydrogen) atoms. The lowest BCUT2D eigenvalue weighted by Gasteiger charge is -2.41. The van der Waals surface area contributed by atoms with Crippen LogP contribution in [0.2, 0.25) is 0 Å². The summed E-state index contributed by atoms with van der Waals surface area (Å²) in [5.74, 6) is 0.763. The number of thiophene rings is 1. The van der Waals surface area contributed by atoms with Gasteiger partial charge in [-0.3, -0.25) is 4.90 Å². The highest BCUT2D eigenvalue weighted by Crippen LogP contribution is 2.41. The quantitative estimate of drug-likeness (QED) is 0.509. The van der Waals surface area contributed by atoms with Crippen molar-refractivity contribution in [3.05, 3.63) is 130 Å². The first-order valence-electron chi connectivity index (χ1n) is 12.5. The molecule has 0 spiro atoms. The van der Waals surface area contributed by atoms with Crippen molar-refractivity contribution >= 4 is 44.5 Å². The van der Waals surface area contributed by atoms with Crippen molar-refractivity contribution in [2.75, 3.05) is 4.90 Å². The molecule has 1 aromatic heterocycles. The monoisotopic (exact) mass is 485 g/mol. The van der Waals surface area contributed by atoms with Gasteiger partial charge < -0.3 is 11.1 Å². The van der Waals surface area contributed by atoms with Crippen molar-refractivity contribution in [1.29, 1.82) is 0 Å². The second kappa shape index (κ2) is 8.28. The van der Waals surface area contributed by atoms with Gasteiger partial charge in [-0.15, -0.1) is 11.3 Å². The molecule has 1 unspecified atom stereocenters. The second-order valence-electron chi connectivity index (χ2n) is 9.64. The van der Waals surface area contributed by atoms with Crippen LogP contribution in [0.15, 0.2) is 114 Å². The first-order chi connectivity index (χ1) is 17.7. The van der Waals surface area contributed by atoms with Crippen LogP contribution in [0.5, 0.6) is 0 Å². The average molecular weight is 486 g/mol. The molecule has 0 fully saturated rings. The average Bonchev–Trinajstić information content (AvgIpc) is 3.27. The molecule has 7 rings (SSSR count). The van der Waals surface area contributed by atoms with Crippen molar-refractivity contribution in [3.8, 4) is 0 Å². The third-order valence-electron chi connectivity index (χ3n) is 7.43. The van der Waals surface area contributed by atoms with E-state index < -0.39 is 0 Å². The fraction of sp³-hybridized carbons (Fsp3) is 0.125. The van der Waals surface area contributed by atoms with Gasteiger partial charge in [0.05, 0.1) is 15.9 Å². The standard InChI is InChI=1S/C32H27N3S/c1-20-19-26-25-12-6-8-14-28(25)36-31(26)30-29(32(33)35(30)27-13-7-5-11-24(20)27)34-23-17-15-22(16-18-23)21-9-3-2-4-10-21/h2-3,5-9,11-17,19,23,34H,1,4,10,18,33H2/b26-19-,31-30+. The maximum absolute atomic E-state index is 6.80. The largest absolute Gasteiger partial charge is 0.383 e. The Morgan fingerprint density at radius 2 is 1.94 bits per heavy atom. The van der Waals surface area contributed by atoms with E-state index in [-0.39, 0.29) is 6.04 Å². The number of nitrogens with one attached hydrogen (secondary N) is 1. The second-order valence-corrected chi connectivity index (χ2v) is 10.7. The van der Waals surface area contributed by atoms with Gasteiger partial charge in [-0.25, -0.2) is 0 Å². The molecule has 176 valence electrons. The van der Waals surface area contributed by atoms with Crippen molar-refractivity contribution < 1.29 is 0 Å². The topological polar surface area (TPSA) is 41.3 Å². The van der Waals surface area contributed by atoms with Gasteiger partial charge >= 0.3 is 0 Å². The molecule has 0 radical (unpaired) electrons. The highest BCUT2D eigenvalue weighted by molar-refractivity contribution is 7.17. The number of anilines is 1. The first kappa shape index (κ1) is 21.3. The lowest BCUT2D eigenvalue weighted by atomic mass is 9.91. The molecule has 2 aromatic carbocycles. The van der Waals surface area contributed by atoms with Crippen LogP contribution in [-0.4, -0.2) is 6.04 Å². The molecule has 0 amide bonds. The van der Waals surface area contributed by atoms with Crippen LogP contribution in [0.25, 0.3) is 27.4 Å². The Kier molecular flexibility index (Phi) is 4.90. The van der Waals surface area contributed by atoms with Gasteiger partial charge in [-0.05, 0) is 54.2 Å². The molecule has 4 heteroatoms. The number of nitrogens with two attached hydrogens (primary N) is 1. The molecule has 1 atom stereocenters. The van der Waals surface area contributed by atoms with Crippen molar-refractivity contribution in [3.63, 3.8) is 0 Å². The van der Waals surface area contributed by atoms with E-state index in [1.165, 1.54) is 31.0 Å². The van der Waals surface area contributed by atoms with Gasteiger partial charge in [0.15, 0.2) is 0 Å². The summed E-state index contributed by atoms with van der Waals surface area (Å²) >= 11 is 1.82. The van der Waals surface area contributed by atoms with Gasteiger partial charge in [-0.1, -0.05) is 79.4 Å². The predicted octanol–water partition coefficient (Wildman–Crippen LogP) is 5.59. The normalized spacial score (nSPS) is 22.9. The summed E-state index contributed by atoms with van der Waals surface area (Å²) in [6, 6.07) is 17.2. The number of rotatable bonds is 3. The van der Waals surface area contributed by atoms with Crippen LogP contribution in [0.4, 0.5) is 5.69 Å². The summed E-state index contributed by atoms with van der Waals surface area (Å²) in [4.78, 5) is 2.21. The molecule has 3 heterocycles. The summed E-state index contributed by atoms with van der Waals surface area (Å²) in [5.41, 5.74) is 15.0. The Morgan fingerprint density at radius 1 is 1.08 bits per heavy atom. The number of hydrogen-bond acceptors (Lipinski definition) is 4. The molecular weight excluding hydrogens is 458 g/mol. The fourth-order valence-corrected chi connectivity index (χ4v) is 6.81. The molecule has 3 aromatic rings. The molecular formula is C32H27N3S. The molecule has 3 N–H and O–H groups in total. The van der Waals surface area contributed by atoms with E-state index in [1.54, 1.807) is 0 Å². The highest BCUT2D eigenvalue weighted by Gasteiger charge is 2.36. The van der Waals surface area contributed by atoms with Crippen LogP contribution >= 0.6 is 11.3 Å². The minimum atomic E-state index is 0.203. The number of nitrogens with zero attached hydrogens (tertiary/aromatic N) is 1. The van der Waals surface area contributed by atoms with E-state index in [9.17, 15) is 0 Å². The van der Waals surface area contributed by atoms with Crippen molar-refractivity contribution in [2.24, 2.45) is 5.73 Å². The Hall–Kier alpha value is -4.02. The molecule has 0 saturated heterocycles. The zero-order valence-electron chi connectivity index (χ0n) is 20.0. The predicted molar refractivity (Wildman–Crippen MR) is 153 cm³/mol. The SMILES string of the molecule is C=C1/C=c2\c(sc3ccccc23)=C2\C(NC3C=CC(C4=CC=CCC4)=CC3)=C(N)N2c2ccccc21. The van der Waals surface area contributed by atoms with Crippen molar-refractivity contribution in [1.82, 2.24) is 5.32 Å². The first-order valence-corrected chi connectivity index (χ1v) is 13.3. The van der Waals surface area contributed by atoms with E-state index in [0.717, 1.165) is 53.3 Å². The zero-order chi connectivity index (χ0) is 24.2. The third kappa shape index (κ3) is 3.25. The van der Waals surface area contributed by atoms with E-state index in [0.29, 0.717) is 0 Å². The number of hydrogen-bond donors (Lipinski definition) is 2. The van der Waals surface area contributed by atoms with Gasteiger partial charge in [0.1, 0.15) is 11.5 Å². The van der Waals surface area contributed by atoms with Crippen LogP contribution in [0, 0.1) is 0 Å². The van der Waals surface area contributed by atoms with E-state index in [1.807, 2.05) is 11.3 Å². The van der Waals surface area contributed by atoms with Crippen molar-refractivity contribution in [2.45, 2.75) is 25.3 Å². The zero-order valence-corrected chi connectivity index (χ0v) is 20.8. The Bertz CT molecular complexity index is 1720. The lowest BCUT2D eigenvalue weighted by Crippen LogP contribution is -2.50. The smallest absolute Gasteiger partial charge is 0.134 e. The third-order valence-corrected chi connectivity index (χ3v) is 8.62. The maximum Gasteiger partial charge on any atom is 0.134 e. The Morgan fingerprint density at radius 3 is 2.78 bits per heavy atom. The summed E-state index contributed by atoms with van der Waals surface area (Å²) < 4.78 is 2.51. The fourth-order valence-electron chi connectivity index (χ4n) is 5.59. The Balaban J connectivity index is 1.34. The number of allylic oxidation sites excluding steroid dienone is 7. The van der Waals surface area contributed by atoms with Gasteiger partial charge in [0.25, 0.3) is 0 Å².